The van der Waals surface area contributed by atoms with E-state index in [1.807, 2.05) is 73.3 Å². The van der Waals surface area contributed by atoms with Crippen LogP contribution in [0.4, 0.5) is 5.69 Å². The SMILES string of the molecule is CC(=O)c1ccc(N2CCN(C(=O)c3cc(C)nn3-c3cccc(C)c3)CC2)cc1. The van der Waals surface area contributed by atoms with Crippen LogP contribution in [0.15, 0.2) is 54.6 Å². The minimum Gasteiger partial charge on any atom is -0.368 e. The van der Waals surface area contributed by atoms with Crippen molar-refractivity contribution in [1.82, 2.24) is 14.7 Å². The van der Waals surface area contributed by atoms with Gasteiger partial charge in [-0.3, -0.25) is 9.59 Å². The predicted molar refractivity (Wildman–Crippen MR) is 118 cm³/mol. The molecule has 1 saturated heterocycles. The largest absolute Gasteiger partial charge is 0.368 e. The lowest BCUT2D eigenvalue weighted by molar-refractivity contribution is 0.0737. The molecule has 0 bridgehead atoms. The van der Waals surface area contributed by atoms with E-state index in [2.05, 4.69) is 10.00 Å². The van der Waals surface area contributed by atoms with Crippen molar-refractivity contribution in [1.29, 1.82) is 0 Å². The summed E-state index contributed by atoms with van der Waals surface area (Å²) in [5.74, 6) is 0.0705. The maximum atomic E-state index is 13.3. The van der Waals surface area contributed by atoms with Crippen molar-refractivity contribution < 1.29 is 9.59 Å². The van der Waals surface area contributed by atoms with Crippen molar-refractivity contribution in [2.24, 2.45) is 0 Å². The van der Waals surface area contributed by atoms with Crippen molar-refractivity contribution >= 4 is 17.4 Å². The lowest BCUT2D eigenvalue weighted by atomic mass is 10.1. The summed E-state index contributed by atoms with van der Waals surface area (Å²) in [4.78, 5) is 28.9. The maximum Gasteiger partial charge on any atom is 0.272 e. The molecule has 2 aromatic carbocycles. The van der Waals surface area contributed by atoms with Crippen molar-refractivity contribution in [3.63, 3.8) is 0 Å². The van der Waals surface area contributed by atoms with Gasteiger partial charge in [-0.05, 0) is 68.8 Å². The van der Waals surface area contributed by atoms with E-state index in [4.69, 9.17) is 0 Å². The molecule has 3 aromatic rings. The summed E-state index contributed by atoms with van der Waals surface area (Å²) >= 11 is 0. The summed E-state index contributed by atoms with van der Waals surface area (Å²) < 4.78 is 1.75. The first-order chi connectivity index (χ1) is 14.4. The van der Waals surface area contributed by atoms with Crippen LogP contribution in [0.1, 0.15) is 39.0 Å². The third-order valence-electron chi connectivity index (χ3n) is 5.50. The highest BCUT2D eigenvalue weighted by molar-refractivity contribution is 5.94. The topological polar surface area (TPSA) is 58.4 Å². The molecule has 0 unspecified atom stereocenters. The van der Waals surface area contributed by atoms with Crippen LogP contribution in [-0.4, -0.2) is 52.5 Å². The number of carbonyl (C=O) groups is 2. The second-order valence-corrected chi connectivity index (χ2v) is 7.80. The van der Waals surface area contributed by atoms with Crippen molar-refractivity contribution in [2.45, 2.75) is 20.8 Å². The Bertz CT molecular complexity index is 1080. The van der Waals surface area contributed by atoms with E-state index in [1.165, 1.54) is 0 Å². The van der Waals surface area contributed by atoms with Gasteiger partial charge in [-0.2, -0.15) is 5.10 Å². The molecule has 6 nitrogen and oxygen atoms in total. The average Bonchev–Trinajstić information content (AvgIpc) is 3.15. The molecule has 2 heterocycles. The summed E-state index contributed by atoms with van der Waals surface area (Å²) in [5.41, 5.74) is 5.24. The lowest BCUT2D eigenvalue weighted by Crippen LogP contribution is -2.49. The summed E-state index contributed by atoms with van der Waals surface area (Å²) in [6, 6.07) is 17.5. The van der Waals surface area contributed by atoms with E-state index >= 15 is 0 Å². The highest BCUT2D eigenvalue weighted by atomic mass is 16.2. The molecular weight excluding hydrogens is 376 g/mol. The first-order valence-electron chi connectivity index (χ1n) is 10.2. The van der Waals surface area contributed by atoms with E-state index in [0.717, 1.165) is 35.7 Å². The van der Waals surface area contributed by atoms with Crippen molar-refractivity contribution in [2.75, 3.05) is 31.1 Å². The number of piperazine rings is 1. The minimum absolute atomic E-state index is 0.00341. The molecule has 0 N–H and O–H groups in total. The molecule has 6 heteroatoms. The van der Waals surface area contributed by atoms with Crippen LogP contribution in [0.25, 0.3) is 5.69 Å². The van der Waals surface area contributed by atoms with E-state index in [1.54, 1.807) is 11.6 Å². The Kier molecular flexibility index (Phi) is 5.40. The van der Waals surface area contributed by atoms with Crippen LogP contribution in [0, 0.1) is 13.8 Å². The van der Waals surface area contributed by atoms with Crippen LogP contribution < -0.4 is 4.90 Å². The number of carbonyl (C=O) groups excluding carboxylic acids is 2. The number of hydrogen-bond acceptors (Lipinski definition) is 4. The zero-order valence-electron chi connectivity index (χ0n) is 17.6. The minimum atomic E-state index is 0.00341. The summed E-state index contributed by atoms with van der Waals surface area (Å²) in [6.45, 7) is 8.31. The van der Waals surface area contributed by atoms with Gasteiger partial charge in [0.15, 0.2) is 5.78 Å². The Hall–Kier alpha value is -3.41. The monoisotopic (exact) mass is 402 g/mol. The first kappa shape index (κ1) is 19.9. The highest BCUT2D eigenvalue weighted by Gasteiger charge is 2.25. The second kappa shape index (κ2) is 8.14. The Labute approximate surface area is 176 Å². The number of ketones is 1. The Balaban J connectivity index is 1.48. The molecule has 1 aliphatic heterocycles. The number of amides is 1. The summed E-state index contributed by atoms with van der Waals surface area (Å²) in [7, 11) is 0. The quantitative estimate of drug-likeness (QED) is 0.625. The zero-order chi connectivity index (χ0) is 21.3. The van der Waals surface area contributed by atoms with Gasteiger partial charge < -0.3 is 9.80 Å². The number of aryl methyl sites for hydroxylation is 2. The lowest BCUT2D eigenvalue weighted by Gasteiger charge is -2.36. The van der Waals surface area contributed by atoms with Gasteiger partial charge in [0.1, 0.15) is 5.69 Å². The van der Waals surface area contributed by atoms with E-state index in [9.17, 15) is 9.59 Å². The fourth-order valence-corrected chi connectivity index (χ4v) is 3.85. The van der Waals surface area contributed by atoms with Crippen LogP contribution in [-0.2, 0) is 0 Å². The van der Waals surface area contributed by atoms with Gasteiger partial charge in [0.2, 0.25) is 0 Å². The van der Waals surface area contributed by atoms with Gasteiger partial charge in [-0.1, -0.05) is 12.1 Å². The number of hydrogen-bond donors (Lipinski definition) is 0. The Morgan fingerprint density at radius 1 is 0.867 bits per heavy atom. The molecule has 0 aliphatic carbocycles. The van der Waals surface area contributed by atoms with Crippen LogP contribution in [0.3, 0.4) is 0 Å². The number of aromatic nitrogens is 2. The predicted octanol–water partition coefficient (Wildman–Crippen LogP) is 3.65. The molecule has 1 aliphatic rings. The van der Waals surface area contributed by atoms with Crippen LogP contribution in [0.5, 0.6) is 0 Å². The maximum absolute atomic E-state index is 13.3. The van der Waals surface area contributed by atoms with Gasteiger partial charge in [0.25, 0.3) is 5.91 Å². The van der Waals surface area contributed by atoms with Gasteiger partial charge in [0, 0.05) is 37.4 Å². The van der Waals surface area contributed by atoms with E-state index in [0.29, 0.717) is 24.3 Å². The molecule has 0 saturated carbocycles. The van der Waals surface area contributed by atoms with Crippen molar-refractivity contribution in [3.8, 4) is 5.69 Å². The molecule has 0 radical (unpaired) electrons. The van der Waals surface area contributed by atoms with Gasteiger partial charge in [-0.15, -0.1) is 0 Å². The fraction of sp³-hybridized carbons (Fsp3) is 0.292. The molecule has 30 heavy (non-hydrogen) atoms. The number of rotatable bonds is 4. The van der Waals surface area contributed by atoms with Crippen LogP contribution in [0.2, 0.25) is 0 Å². The average molecular weight is 402 g/mol. The molecule has 4 rings (SSSR count). The smallest absolute Gasteiger partial charge is 0.272 e. The number of anilines is 1. The molecule has 154 valence electrons. The molecule has 0 atom stereocenters. The number of benzene rings is 2. The molecule has 1 fully saturated rings. The van der Waals surface area contributed by atoms with Gasteiger partial charge >= 0.3 is 0 Å². The van der Waals surface area contributed by atoms with Crippen LogP contribution >= 0.6 is 0 Å². The Morgan fingerprint density at radius 3 is 2.20 bits per heavy atom. The first-order valence-corrected chi connectivity index (χ1v) is 10.2. The highest BCUT2D eigenvalue weighted by Crippen LogP contribution is 2.20. The van der Waals surface area contributed by atoms with Gasteiger partial charge in [0.05, 0.1) is 11.4 Å². The molecule has 1 aromatic heterocycles. The number of nitrogens with zero attached hydrogens (tertiary/aromatic N) is 4. The van der Waals surface area contributed by atoms with Crippen molar-refractivity contribution in [3.05, 3.63) is 77.1 Å². The fourth-order valence-electron chi connectivity index (χ4n) is 3.85. The molecule has 0 spiro atoms. The third kappa shape index (κ3) is 3.99. The van der Waals surface area contributed by atoms with E-state index in [-0.39, 0.29) is 11.7 Å². The number of Topliss-reactive ketones (excluding diaryl/α,β-unsaturated/α-hetero) is 1. The summed E-state index contributed by atoms with van der Waals surface area (Å²) in [6.07, 6.45) is 0. The zero-order valence-corrected chi connectivity index (χ0v) is 17.6. The van der Waals surface area contributed by atoms with Gasteiger partial charge in [-0.25, -0.2) is 4.68 Å². The standard InChI is InChI=1S/C24H26N4O2/c1-17-5-4-6-22(15-17)28-23(16-18(2)25-28)24(30)27-13-11-26(12-14-27)21-9-7-20(8-10-21)19(3)29/h4-10,15-16H,11-14H2,1-3H3. The second-order valence-electron chi connectivity index (χ2n) is 7.80. The Morgan fingerprint density at radius 2 is 1.57 bits per heavy atom. The van der Waals surface area contributed by atoms with E-state index < -0.39 is 0 Å². The summed E-state index contributed by atoms with van der Waals surface area (Å²) in [5, 5.41) is 4.55. The molecular formula is C24H26N4O2. The molecule has 1 amide bonds. The normalized spacial score (nSPS) is 14.1. The third-order valence-corrected chi connectivity index (χ3v) is 5.50.